The summed E-state index contributed by atoms with van der Waals surface area (Å²) in [4.78, 5) is 58.6. The molecule has 13 fully saturated rings. The summed E-state index contributed by atoms with van der Waals surface area (Å²) in [5, 5.41) is 262. The van der Waals surface area contributed by atoms with E-state index in [1.54, 1.807) is 27.7 Å². The number of amides is 1. The third-order valence-corrected chi connectivity index (χ3v) is 34.7. The monoisotopic (exact) mass is 2080 g/mol. The number of rotatable bonds is 34. The van der Waals surface area contributed by atoms with E-state index in [2.05, 4.69) is 52.2 Å². The Morgan fingerprint density at radius 1 is 0.497 bits per heavy atom. The van der Waals surface area contributed by atoms with E-state index in [9.17, 15) is 127 Å². The molecule has 0 aromatic rings. The summed E-state index contributed by atoms with van der Waals surface area (Å²) < 4.78 is 116. The Morgan fingerprint density at radius 3 is 1.66 bits per heavy atom. The van der Waals surface area contributed by atoms with Crippen LogP contribution in [0.5, 0.6) is 0 Å². The normalized spacial score (nSPS) is 49.0. The highest BCUT2D eigenvalue weighted by molar-refractivity contribution is 5.89. The van der Waals surface area contributed by atoms with E-state index in [4.69, 9.17) is 90.0 Å². The molecule has 0 aromatic carbocycles. The van der Waals surface area contributed by atoms with Crippen LogP contribution in [0.1, 0.15) is 167 Å². The molecule has 9 heterocycles. The lowest BCUT2D eigenvalue weighted by Gasteiger charge is -2.72. The molecule has 5 aliphatic carbocycles. The molecule has 12 unspecified atom stereocenters. The van der Waals surface area contributed by atoms with Gasteiger partial charge >= 0.3 is 17.9 Å². The van der Waals surface area contributed by atoms with E-state index < -0.39 is 383 Å². The molecule has 9 aliphatic heterocycles. The van der Waals surface area contributed by atoms with Crippen molar-refractivity contribution in [3.63, 3.8) is 0 Å². The van der Waals surface area contributed by atoms with Gasteiger partial charge in [-0.15, -0.1) is 13.2 Å². The number of hydrogen-bond acceptors (Lipinski definition) is 46. The SMILES string of the molecule is C=CC(C)(O)CCC1OCC1C(=O)O[C@@H]1C(C)O[C@@H](O[C@](C)(C=C)CC/C=C(\CO)C(=O)O[C@H]2C[C@@]3(C(=O)O[C@@H]4OC(CO)[C@@H](O)[C@@H](O)[C@@H]4O[C@@H]4OC(C)[C@H](O[C@@H]5O[C@@H](CO)[C@H](O)[C@@H]5O)[C@@H](O[C@@H]5OC(CO)[C@@H](O)[C@@H](O)[C@@H]5O)[C@@H]4O)C(CC2(C)C)C2=CCC4[C@@]5(C)CC[C@H](O[C@@H]6OC(CO[C@@H]7OC(C)[C@H](O)[C@@H](O)[C@@H]7O[C@@H]7OC[C@@H](O)[C@@H](O)[C@@H]7O)[C@@H](O)[C@@H](O)[C@@H]6NC(C)=O)C(C)(C)C5CC[C@@]4(C)[C@]2(C)C[C@H]3O)[C@@H](O)[C@@H]1O. The summed E-state index contributed by atoms with van der Waals surface area (Å²) in [6.45, 7) is 25.5. The van der Waals surface area contributed by atoms with Crippen molar-refractivity contribution in [1.82, 2.24) is 5.32 Å². The van der Waals surface area contributed by atoms with Gasteiger partial charge in [0.15, 0.2) is 56.2 Å². The third-order valence-electron chi connectivity index (χ3n) is 34.7. The fraction of sp³-hybridized carbons (Fsp3) is 0.878. The molecule has 4 saturated carbocycles. The van der Waals surface area contributed by atoms with Gasteiger partial charge in [0.1, 0.15) is 170 Å². The van der Waals surface area contributed by atoms with Crippen LogP contribution in [0.3, 0.4) is 0 Å². The number of hydrogen-bond donors (Lipinski definition) is 24. The summed E-state index contributed by atoms with van der Waals surface area (Å²) in [5.74, 6) is -5.86. The Balaban J connectivity index is 0.741. The van der Waals surface area contributed by atoms with E-state index in [1.165, 1.54) is 45.9 Å². The fourth-order valence-corrected chi connectivity index (χ4v) is 25.2. The molecule has 0 radical (unpaired) electrons. The standard InChI is InChI=1S/C98H155NO46/c1-16-93(11,126)26-22-48-44(36-127-48)81(124)139-75-40(4)132-87(73(121)69(75)117)145-94(12,17-2)25-18-19-43(32-100)80(123)137-57-31-98(90(125)144-89-79(68(116)62(110)50(34-102)135-89)143-86-74(122)77(141-85-72(120)66(114)61(109)49(33-101)133-85)76(41(5)131-86)140-84-71(119)63(111)51(35-103)134-84)46(29-91(57,7)8)45-20-21-54-95(13)27-24-56(92(9,10)53(95)23-28-96(54,14)97(45,15)30-55(98)106)138-82-58(99-42(6)104)65(113)64(112)52(136-82)38-129-88-78(67(115)59(107)39(3)130-88)142-83-70(118)60(108)47(105)37-128-83/h16-17,19-20,39-41,44,46-79,82-89,100-103,105-122,126H,1-2,18,21-38H2,3-15H3,(H,99,104)/b43-19+/t39?,40?,41?,44?,46?,47-,48?,49?,50?,51+,52?,53?,54?,55-,56+,57+,58+,59+,60-,61-,62-,63+,64-,65+,66-,67-,68-,69+,70+,71+,72+,73+,74+,75-,76+,77+,78+,79+,82+,83+,84+,85+,86+,87+,88-,89+,93?,94-,95+,96-,97-,98-/m1/s1. The summed E-state index contributed by atoms with van der Waals surface area (Å²) in [7, 11) is 0. The second kappa shape index (κ2) is 45.4. The lowest BCUT2D eigenvalue weighted by Crippen LogP contribution is -2.70. The van der Waals surface area contributed by atoms with Crippen LogP contribution in [0.2, 0.25) is 0 Å². The highest BCUT2D eigenvalue weighted by Crippen LogP contribution is 2.76. The second-order valence-corrected chi connectivity index (χ2v) is 44.8. The fourth-order valence-electron chi connectivity index (χ4n) is 25.2. The van der Waals surface area contributed by atoms with Gasteiger partial charge in [-0.3, -0.25) is 14.4 Å². The molecule has 52 atom stereocenters. The summed E-state index contributed by atoms with van der Waals surface area (Å²) in [6.07, 6.45) is -61.6. The number of esters is 3. The van der Waals surface area contributed by atoms with E-state index >= 15 is 9.59 Å². The smallest absolute Gasteiger partial charge is 0.336 e. The Kier molecular flexibility index (Phi) is 36.2. The molecule has 1 amide bonds. The Hall–Kier alpha value is -4.72. The van der Waals surface area contributed by atoms with Crippen LogP contribution in [0.15, 0.2) is 48.6 Å². The van der Waals surface area contributed by atoms with Crippen molar-refractivity contribution in [2.24, 2.45) is 56.2 Å². The van der Waals surface area contributed by atoms with Gasteiger partial charge in [0.2, 0.25) is 12.2 Å². The predicted octanol–water partition coefficient (Wildman–Crippen LogP) is -5.82. The first-order valence-corrected chi connectivity index (χ1v) is 50.4. The lowest BCUT2D eigenvalue weighted by atomic mass is 9.33. The highest BCUT2D eigenvalue weighted by Gasteiger charge is 2.74. The molecule has 0 aromatic heterocycles. The maximum Gasteiger partial charge on any atom is 0.336 e. The van der Waals surface area contributed by atoms with E-state index in [1.807, 2.05) is 6.92 Å². The molecule has 828 valence electrons. The second-order valence-electron chi connectivity index (χ2n) is 44.8. The summed E-state index contributed by atoms with van der Waals surface area (Å²) >= 11 is 0. The van der Waals surface area contributed by atoms with Crippen molar-refractivity contribution >= 4 is 23.8 Å². The van der Waals surface area contributed by atoms with Crippen molar-refractivity contribution < 1.29 is 227 Å². The molecule has 24 N–H and O–H groups in total. The molecular weight excluding hydrogens is 1930 g/mol. The molecule has 0 bridgehead atoms. The topological polar surface area (TPSA) is 721 Å². The minimum atomic E-state index is -2.29. The van der Waals surface area contributed by atoms with Crippen LogP contribution in [0.4, 0.5) is 0 Å². The zero-order valence-corrected chi connectivity index (χ0v) is 83.9. The maximum absolute atomic E-state index is 16.9. The van der Waals surface area contributed by atoms with Gasteiger partial charge in [0, 0.05) is 18.8 Å². The lowest BCUT2D eigenvalue weighted by molar-refractivity contribution is -0.390. The third kappa shape index (κ3) is 22.3. The molecule has 47 heteroatoms. The first kappa shape index (κ1) is 116. The van der Waals surface area contributed by atoms with Crippen molar-refractivity contribution in [3.8, 4) is 0 Å². The quantitative estimate of drug-likeness (QED) is 0.00938. The minimum absolute atomic E-state index is 0.0207. The van der Waals surface area contributed by atoms with Gasteiger partial charge in [0.25, 0.3) is 0 Å². The minimum Gasteiger partial charge on any atom is -0.458 e. The zero-order chi connectivity index (χ0) is 106. The number of nitrogens with one attached hydrogen (secondary N) is 1. The molecule has 145 heavy (non-hydrogen) atoms. The number of fused-ring (bicyclic) bond motifs is 7. The molecular formula is C98H155NO46. The first-order chi connectivity index (χ1) is 68.0. The number of aliphatic hydroxyl groups excluding tert-OH is 22. The number of carbonyl (C=O) groups is 4. The number of allylic oxidation sites excluding steroid dienone is 3. The van der Waals surface area contributed by atoms with Gasteiger partial charge in [-0.25, -0.2) is 4.79 Å². The van der Waals surface area contributed by atoms with Crippen molar-refractivity contribution in [2.75, 3.05) is 46.2 Å². The Labute approximate surface area is 839 Å². The molecule has 0 spiro atoms. The van der Waals surface area contributed by atoms with Crippen LogP contribution >= 0.6 is 0 Å². The van der Waals surface area contributed by atoms with Gasteiger partial charge in [0.05, 0.1) is 99.6 Å². The number of ether oxygens (including phenoxy) is 19. The molecule has 47 nitrogen and oxygen atoms in total. The molecule has 14 aliphatic rings. The Bertz CT molecular complexity index is 4470. The first-order valence-electron chi connectivity index (χ1n) is 50.4. The van der Waals surface area contributed by atoms with E-state index in [0.29, 0.717) is 38.5 Å². The zero-order valence-electron chi connectivity index (χ0n) is 83.9. The predicted molar refractivity (Wildman–Crippen MR) is 488 cm³/mol. The average molecular weight is 2080 g/mol. The van der Waals surface area contributed by atoms with Crippen molar-refractivity contribution in [3.05, 3.63) is 48.6 Å². The van der Waals surface area contributed by atoms with Gasteiger partial charge < -0.3 is 213 Å². The largest absolute Gasteiger partial charge is 0.458 e. The average Bonchev–Trinajstić information content (AvgIpc) is 1.15. The summed E-state index contributed by atoms with van der Waals surface area (Å²) in [5.41, 5.74) is -8.80. The van der Waals surface area contributed by atoms with Gasteiger partial charge in [-0.05, 0) is 145 Å². The van der Waals surface area contributed by atoms with Crippen LogP contribution in [0, 0.1) is 56.2 Å². The van der Waals surface area contributed by atoms with Crippen LogP contribution < -0.4 is 5.32 Å². The van der Waals surface area contributed by atoms with Crippen LogP contribution in [-0.2, 0) is 109 Å². The Morgan fingerprint density at radius 2 is 1.04 bits per heavy atom. The molecule has 14 rings (SSSR count). The number of aliphatic hydroxyl groups is 23. The number of carbonyl (C=O) groups excluding carboxylic acids is 4. The van der Waals surface area contributed by atoms with Gasteiger partial charge in [-0.2, -0.15) is 0 Å². The summed E-state index contributed by atoms with van der Waals surface area (Å²) in [6, 6.07) is -1.38. The van der Waals surface area contributed by atoms with E-state index in [-0.39, 0.29) is 56.1 Å². The van der Waals surface area contributed by atoms with E-state index in [0.717, 1.165) is 5.57 Å². The van der Waals surface area contributed by atoms with Crippen LogP contribution in [-0.4, -0.2) is 457 Å². The maximum atomic E-state index is 16.9. The highest BCUT2D eigenvalue weighted by atomic mass is 16.8. The van der Waals surface area contributed by atoms with Crippen molar-refractivity contribution in [1.29, 1.82) is 0 Å². The van der Waals surface area contributed by atoms with Crippen LogP contribution in [0.25, 0.3) is 0 Å². The van der Waals surface area contributed by atoms with Crippen molar-refractivity contribution in [2.45, 2.75) is 436 Å². The van der Waals surface area contributed by atoms with Gasteiger partial charge in [-0.1, -0.05) is 78.3 Å². The molecule has 9 saturated heterocycles.